The SMILES string of the molecule is Cc1sc2nc(C(C)N(C)Cc3c(F)cccc3Cl)nc(N)c2c1C. The van der Waals surface area contributed by atoms with Crippen molar-refractivity contribution in [3.8, 4) is 0 Å². The molecule has 0 amide bonds. The zero-order valence-corrected chi connectivity index (χ0v) is 16.2. The molecule has 0 radical (unpaired) electrons. The van der Waals surface area contributed by atoms with Crippen LogP contribution in [0.1, 0.15) is 34.8 Å². The van der Waals surface area contributed by atoms with Crippen molar-refractivity contribution in [3.63, 3.8) is 0 Å². The Kier molecular flexibility index (Phi) is 4.95. The number of nitrogens with zero attached hydrogens (tertiary/aromatic N) is 3. The minimum absolute atomic E-state index is 0.134. The lowest BCUT2D eigenvalue weighted by Crippen LogP contribution is -2.24. The molecule has 0 fully saturated rings. The van der Waals surface area contributed by atoms with Crippen LogP contribution in [0.25, 0.3) is 10.2 Å². The van der Waals surface area contributed by atoms with Crippen molar-refractivity contribution in [2.75, 3.05) is 12.8 Å². The molecule has 1 unspecified atom stereocenters. The second kappa shape index (κ2) is 6.86. The normalized spacial score (nSPS) is 12.9. The van der Waals surface area contributed by atoms with Crippen molar-refractivity contribution in [2.45, 2.75) is 33.4 Å². The molecule has 1 atom stereocenters. The highest BCUT2D eigenvalue weighted by molar-refractivity contribution is 7.18. The van der Waals surface area contributed by atoms with E-state index in [-0.39, 0.29) is 11.9 Å². The summed E-state index contributed by atoms with van der Waals surface area (Å²) in [6, 6.07) is 4.57. The summed E-state index contributed by atoms with van der Waals surface area (Å²) in [5.74, 6) is 0.805. The molecule has 2 aromatic heterocycles. The van der Waals surface area contributed by atoms with Gasteiger partial charge in [-0.25, -0.2) is 14.4 Å². The van der Waals surface area contributed by atoms with E-state index in [9.17, 15) is 4.39 Å². The van der Waals surface area contributed by atoms with Gasteiger partial charge in [-0.2, -0.15) is 0 Å². The van der Waals surface area contributed by atoms with E-state index in [4.69, 9.17) is 17.3 Å². The number of benzene rings is 1. The van der Waals surface area contributed by atoms with Gasteiger partial charge in [-0.1, -0.05) is 17.7 Å². The van der Waals surface area contributed by atoms with Crippen LogP contribution in [0.4, 0.5) is 10.2 Å². The van der Waals surface area contributed by atoms with Crippen LogP contribution in [0.2, 0.25) is 5.02 Å². The van der Waals surface area contributed by atoms with Crippen LogP contribution in [0.15, 0.2) is 18.2 Å². The summed E-state index contributed by atoms with van der Waals surface area (Å²) in [4.78, 5) is 13.2. The van der Waals surface area contributed by atoms with Gasteiger partial charge in [-0.3, -0.25) is 4.90 Å². The second-order valence-electron chi connectivity index (χ2n) is 6.22. The fourth-order valence-corrected chi connectivity index (χ4v) is 4.02. The first-order chi connectivity index (χ1) is 11.8. The van der Waals surface area contributed by atoms with Crippen LogP contribution >= 0.6 is 22.9 Å². The summed E-state index contributed by atoms with van der Waals surface area (Å²) >= 11 is 7.75. The van der Waals surface area contributed by atoms with E-state index in [1.165, 1.54) is 10.9 Å². The molecule has 1 aromatic carbocycles. The van der Waals surface area contributed by atoms with Crippen molar-refractivity contribution < 1.29 is 4.39 Å². The number of thiophene rings is 1. The number of hydrogen-bond donors (Lipinski definition) is 1. The maximum absolute atomic E-state index is 14.0. The molecule has 2 heterocycles. The lowest BCUT2D eigenvalue weighted by atomic mass is 10.1. The number of halogens is 2. The minimum Gasteiger partial charge on any atom is -0.383 e. The third-order valence-electron chi connectivity index (χ3n) is 4.58. The van der Waals surface area contributed by atoms with Gasteiger partial charge in [0.15, 0.2) is 0 Å². The Bertz CT molecular complexity index is 920. The maximum Gasteiger partial charge on any atom is 0.149 e. The first kappa shape index (κ1) is 18.0. The van der Waals surface area contributed by atoms with Gasteiger partial charge < -0.3 is 5.73 Å². The summed E-state index contributed by atoms with van der Waals surface area (Å²) < 4.78 is 14.0. The van der Waals surface area contributed by atoms with Crippen molar-refractivity contribution in [2.24, 2.45) is 0 Å². The third-order valence-corrected chi connectivity index (χ3v) is 6.03. The fraction of sp³-hybridized carbons (Fsp3) is 0.333. The maximum atomic E-state index is 14.0. The Morgan fingerprint density at radius 1 is 1.32 bits per heavy atom. The Morgan fingerprint density at radius 2 is 2.04 bits per heavy atom. The van der Waals surface area contributed by atoms with E-state index in [0.29, 0.717) is 28.8 Å². The van der Waals surface area contributed by atoms with Crippen LogP contribution < -0.4 is 5.73 Å². The van der Waals surface area contributed by atoms with Crippen LogP contribution in [0.5, 0.6) is 0 Å². The monoisotopic (exact) mass is 378 g/mol. The topological polar surface area (TPSA) is 55.0 Å². The molecular formula is C18H20ClFN4S. The predicted octanol–water partition coefficient (Wildman–Crippen LogP) is 4.88. The molecule has 4 nitrogen and oxygen atoms in total. The summed E-state index contributed by atoms with van der Waals surface area (Å²) in [6.45, 7) is 6.42. The molecule has 0 spiro atoms. The highest BCUT2D eigenvalue weighted by Gasteiger charge is 2.20. The summed E-state index contributed by atoms with van der Waals surface area (Å²) in [5.41, 5.74) is 7.76. The third kappa shape index (κ3) is 3.34. The van der Waals surface area contributed by atoms with Crippen molar-refractivity contribution in [1.82, 2.24) is 14.9 Å². The molecule has 25 heavy (non-hydrogen) atoms. The van der Waals surface area contributed by atoms with Gasteiger partial charge in [0.1, 0.15) is 22.3 Å². The number of nitrogens with two attached hydrogens (primary N) is 1. The number of rotatable bonds is 4. The van der Waals surface area contributed by atoms with Crippen molar-refractivity contribution >= 4 is 39.0 Å². The quantitative estimate of drug-likeness (QED) is 0.703. The van der Waals surface area contributed by atoms with Crippen LogP contribution in [-0.2, 0) is 6.54 Å². The second-order valence-corrected chi connectivity index (χ2v) is 7.83. The van der Waals surface area contributed by atoms with Crippen molar-refractivity contribution in [3.05, 3.63) is 50.9 Å². The van der Waals surface area contributed by atoms with Gasteiger partial charge in [0, 0.05) is 22.0 Å². The van der Waals surface area contributed by atoms with Crippen LogP contribution in [0, 0.1) is 19.7 Å². The highest BCUT2D eigenvalue weighted by atomic mass is 35.5. The lowest BCUT2D eigenvalue weighted by molar-refractivity contribution is 0.241. The van der Waals surface area contributed by atoms with Gasteiger partial charge in [-0.05, 0) is 45.5 Å². The average molecular weight is 379 g/mol. The van der Waals surface area contributed by atoms with Gasteiger partial charge in [0.05, 0.1) is 11.4 Å². The lowest BCUT2D eigenvalue weighted by Gasteiger charge is -2.24. The molecule has 0 bridgehead atoms. The van der Waals surface area contributed by atoms with E-state index in [1.807, 2.05) is 25.8 Å². The Labute approximate surface area is 155 Å². The largest absolute Gasteiger partial charge is 0.383 e. The summed E-state index contributed by atoms with van der Waals surface area (Å²) in [6.07, 6.45) is 0. The highest BCUT2D eigenvalue weighted by Crippen LogP contribution is 2.33. The molecule has 7 heteroatoms. The molecule has 0 aliphatic heterocycles. The Balaban J connectivity index is 1.92. The Hall–Kier alpha value is -1.76. The van der Waals surface area contributed by atoms with Gasteiger partial charge in [0.25, 0.3) is 0 Å². The number of aryl methyl sites for hydroxylation is 2. The molecule has 3 rings (SSSR count). The zero-order chi connectivity index (χ0) is 18.3. The minimum atomic E-state index is -0.313. The number of anilines is 1. The molecule has 132 valence electrons. The van der Waals surface area contributed by atoms with Crippen molar-refractivity contribution in [1.29, 1.82) is 0 Å². The molecule has 2 N–H and O–H groups in total. The van der Waals surface area contributed by atoms with E-state index in [1.54, 1.807) is 23.5 Å². The number of fused-ring (bicyclic) bond motifs is 1. The molecule has 0 saturated carbocycles. The molecule has 0 saturated heterocycles. The van der Waals surface area contributed by atoms with E-state index in [2.05, 4.69) is 16.9 Å². The Morgan fingerprint density at radius 3 is 2.72 bits per heavy atom. The standard InChI is InChI=1S/C18H20ClFN4S/c1-9-11(3)25-18-15(9)16(21)22-17(23-18)10(2)24(4)8-12-13(19)6-5-7-14(12)20/h5-7,10H,8H2,1-4H3,(H2,21,22,23). The number of nitrogen functional groups attached to an aromatic ring is 1. The van der Waals surface area contributed by atoms with Gasteiger partial charge >= 0.3 is 0 Å². The smallest absolute Gasteiger partial charge is 0.149 e. The first-order valence-electron chi connectivity index (χ1n) is 7.95. The molecule has 3 aromatic rings. The summed E-state index contributed by atoms with van der Waals surface area (Å²) in [7, 11) is 1.89. The fourth-order valence-electron chi connectivity index (χ4n) is 2.75. The van der Waals surface area contributed by atoms with Gasteiger partial charge in [0.2, 0.25) is 0 Å². The molecular weight excluding hydrogens is 359 g/mol. The van der Waals surface area contributed by atoms with Crippen LogP contribution in [0.3, 0.4) is 0 Å². The number of aromatic nitrogens is 2. The van der Waals surface area contributed by atoms with Gasteiger partial charge in [-0.15, -0.1) is 11.3 Å². The first-order valence-corrected chi connectivity index (χ1v) is 9.15. The molecule has 0 aliphatic carbocycles. The van der Waals surface area contributed by atoms with E-state index >= 15 is 0 Å². The molecule has 0 aliphatic rings. The van der Waals surface area contributed by atoms with E-state index < -0.39 is 0 Å². The van der Waals surface area contributed by atoms with Crippen LogP contribution in [-0.4, -0.2) is 21.9 Å². The zero-order valence-electron chi connectivity index (χ0n) is 14.6. The average Bonchev–Trinajstić information content (AvgIpc) is 2.85. The predicted molar refractivity (Wildman–Crippen MR) is 103 cm³/mol. The number of hydrogen-bond acceptors (Lipinski definition) is 5. The summed E-state index contributed by atoms with van der Waals surface area (Å²) in [5, 5.41) is 1.35. The van der Waals surface area contributed by atoms with E-state index in [0.717, 1.165) is 15.8 Å².